The van der Waals surface area contributed by atoms with E-state index in [9.17, 15) is 4.79 Å². The highest BCUT2D eigenvalue weighted by atomic mass is 79.9. The summed E-state index contributed by atoms with van der Waals surface area (Å²) in [6.07, 6.45) is 0. The van der Waals surface area contributed by atoms with Crippen molar-refractivity contribution >= 4 is 37.8 Å². The van der Waals surface area contributed by atoms with E-state index in [0.29, 0.717) is 5.56 Å². The van der Waals surface area contributed by atoms with Crippen LogP contribution in [-0.4, -0.2) is 5.97 Å². The average Bonchev–Trinajstić information content (AvgIpc) is 2.38. The summed E-state index contributed by atoms with van der Waals surface area (Å²) >= 11 is 6.68. The maximum Gasteiger partial charge on any atom is 0.338 e. The molecule has 18 heavy (non-hydrogen) atoms. The standard InChI is InChI=1S/C14H10Br2O2/c15-12-6-4-10(5-7-12)9-18-14(17)11-2-1-3-13(16)8-11/h1-8H,9H2. The van der Waals surface area contributed by atoms with Crippen LogP contribution in [0, 0.1) is 0 Å². The first-order chi connectivity index (χ1) is 8.65. The van der Waals surface area contributed by atoms with E-state index < -0.39 is 0 Å². The lowest BCUT2D eigenvalue weighted by molar-refractivity contribution is 0.0472. The van der Waals surface area contributed by atoms with Crippen molar-refractivity contribution in [1.82, 2.24) is 0 Å². The van der Waals surface area contributed by atoms with Gasteiger partial charge in [0.15, 0.2) is 0 Å². The Bertz CT molecular complexity index is 550. The Labute approximate surface area is 122 Å². The largest absolute Gasteiger partial charge is 0.457 e. The third-order valence-corrected chi connectivity index (χ3v) is 3.37. The van der Waals surface area contributed by atoms with Gasteiger partial charge in [-0.05, 0) is 35.9 Å². The molecule has 0 amide bonds. The molecule has 0 atom stereocenters. The number of carbonyl (C=O) groups is 1. The molecule has 2 nitrogen and oxygen atoms in total. The second-order valence-electron chi connectivity index (χ2n) is 3.71. The number of hydrogen-bond acceptors (Lipinski definition) is 2. The molecule has 0 heterocycles. The number of carbonyl (C=O) groups excluding carboxylic acids is 1. The quantitative estimate of drug-likeness (QED) is 0.741. The summed E-state index contributed by atoms with van der Waals surface area (Å²) in [5, 5.41) is 0. The number of rotatable bonds is 3. The maximum absolute atomic E-state index is 11.8. The van der Waals surface area contributed by atoms with Gasteiger partial charge in [0.2, 0.25) is 0 Å². The molecule has 2 aromatic carbocycles. The van der Waals surface area contributed by atoms with Crippen LogP contribution in [0.1, 0.15) is 15.9 Å². The number of benzene rings is 2. The second-order valence-corrected chi connectivity index (χ2v) is 5.54. The topological polar surface area (TPSA) is 26.3 Å². The predicted octanol–water partition coefficient (Wildman–Crippen LogP) is 4.57. The van der Waals surface area contributed by atoms with Crippen LogP contribution in [0.25, 0.3) is 0 Å². The van der Waals surface area contributed by atoms with Crippen LogP contribution in [0.3, 0.4) is 0 Å². The van der Waals surface area contributed by atoms with E-state index in [1.807, 2.05) is 30.3 Å². The fourth-order valence-corrected chi connectivity index (χ4v) is 2.09. The predicted molar refractivity (Wildman–Crippen MR) is 77.4 cm³/mol. The zero-order valence-electron chi connectivity index (χ0n) is 9.40. The Balaban J connectivity index is 1.98. The van der Waals surface area contributed by atoms with Crippen molar-refractivity contribution in [3.63, 3.8) is 0 Å². The lowest BCUT2D eigenvalue weighted by Gasteiger charge is -2.05. The number of hydrogen-bond donors (Lipinski definition) is 0. The van der Waals surface area contributed by atoms with E-state index in [1.165, 1.54) is 0 Å². The first-order valence-corrected chi connectivity index (χ1v) is 6.91. The van der Waals surface area contributed by atoms with Gasteiger partial charge in [-0.2, -0.15) is 0 Å². The molecular formula is C14H10Br2O2. The van der Waals surface area contributed by atoms with E-state index in [1.54, 1.807) is 18.2 Å². The van der Waals surface area contributed by atoms with Crippen LogP contribution in [0.4, 0.5) is 0 Å². The highest BCUT2D eigenvalue weighted by molar-refractivity contribution is 9.10. The summed E-state index contributed by atoms with van der Waals surface area (Å²) in [5.74, 6) is -0.320. The van der Waals surface area contributed by atoms with Gasteiger partial charge in [-0.25, -0.2) is 4.79 Å². The molecule has 0 aromatic heterocycles. The van der Waals surface area contributed by atoms with Gasteiger partial charge in [0, 0.05) is 8.95 Å². The Morgan fingerprint density at radius 1 is 1.00 bits per heavy atom. The summed E-state index contributed by atoms with van der Waals surface area (Å²) < 4.78 is 7.10. The third kappa shape index (κ3) is 3.68. The van der Waals surface area contributed by atoms with Crippen LogP contribution in [0.2, 0.25) is 0 Å². The van der Waals surface area contributed by atoms with Crippen LogP contribution < -0.4 is 0 Å². The third-order valence-electron chi connectivity index (χ3n) is 2.34. The van der Waals surface area contributed by atoms with Gasteiger partial charge in [-0.15, -0.1) is 0 Å². The van der Waals surface area contributed by atoms with E-state index in [2.05, 4.69) is 31.9 Å². The molecule has 0 aliphatic heterocycles. The monoisotopic (exact) mass is 368 g/mol. The highest BCUT2D eigenvalue weighted by Gasteiger charge is 2.07. The molecule has 0 N–H and O–H groups in total. The lowest BCUT2D eigenvalue weighted by atomic mass is 10.2. The van der Waals surface area contributed by atoms with Crippen molar-refractivity contribution < 1.29 is 9.53 Å². The molecule has 2 aromatic rings. The van der Waals surface area contributed by atoms with Crippen LogP contribution in [0.15, 0.2) is 57.5 Å². The van der Waals surface area contributed by atoms with Gasteiger partial charge in [0.05, 0.1) is 5.56 Å². The molecule has 0 unspecified atom stereocenters. The summed E-state index contributed by atoms with van der Waals surface area (Å²) in [7, 11) is 0. The van der Waals surface area contributed by atoms with Crippen LogP contribution in [-0.2, 0) is 11.3 Å². The molecule has 0 fully saturated rings. The number of esters is 1. The molecule has 0 saturated heterocycles. The Hall–Kier alpha value is -1.13. The van der Waals surface area contributed by atoms with Crippen molar-refractivity contribution in [3.8, 4) is 0 Å². The molecule has 0 radical (unpaired) electrons. The molecule has 0 bridgehead atoms. The van der Waals surface area contributed by atoms with Crippen molar-refractivity contribution in [2.24, 2.45) is 0 Å². The summed E-state index contributed by atoms with van der Waals surface area (Å²) in [6, 6.07) is 14.8. The zero-order chi connectivity index (χ0) is 13.0. The minimum absolute atomic E-state index is 0.276. The normalized spacial score (nSPS) is 10.1. The molecule has 0 aliphatic carbocycles. The van der Waals surface area contributed by atoms with E-state index in [4.69, 9.17) is 4.74 Å². The van der Waals surface area contributed by atoms with Crippen LogP contribution >= 0.6 is 31.9 Å². The zero-order valence-corrected chi connectivity index (χ0v) is 12.6. The lowest BCUT2D eigenvalue weighted by Crippen LogP contribution is -2.05. The molecule has 0 saturated carbocycles. The molecule has 4 heteroatoms. The second kappa shape index (κ2) is 6.16. The SMILES string of the molecule is O=C(OCc1ccc(Br)cc1)c1cccc(Br)c1. The fourth-order valence-electron chi connectivity index (χ4n) is 1.43. The summed E-state index contributed by atoms with van der Waals surface area (Å²) in [4.78, 5) is 11.8. The number of halogens is 2. The van der Waals surface area contributed by atoms with E-state index >= 15 is 0 Å². The minimum Gasteiger partial charge on any atom is -0.457 e. The highest BCUT2D eigenvalue weighted by Crippen LogP contribution is 2.14. The average molecular weight is 370 g/mol. The van der Waals surface area contributed by atoms with Crippen molar-refractivity contribution in [2.75, 3.05) is 0 Å². The molecule has 2 rings (SSSR count). The Kier molecular flexibility index (Phi) is 4.55. The molecule has 0 aliphatic rings. The van der Waals surface area contributed by atoms with Gasteiger partial charge in [0.25, 0.3) is 0 Å². The first-order valence-electron chi connectivity index (χ1n) is 5.32. The van der Waals surface area contributed by atoms with E-state index in [0.717, 1.165) is 14.5 Å². The van der Waals surface area contributed by atoms with Gasteiger partial charge in [0.1, 0.15) is 6.61 Å². The van der Waals surface area contributed by atoms with E-state index in [-0.39, 0.29) is 12.6 Å². The first kappa shape index (κ1) is 13.3. The molecule has 0 spiro atoms. The van der Waals surface area contributed by atoms with Crippen molar-refractivity contribution in [1.29, 1.82) is 0 Å². The summed E-state index contributed by atoms with van der Waals surface area (Å²) in [5.41, 5.74) is 1.50. The molecular weight excluding hydrogens is 360 g/mol. The fraction of sp³-hybridized carbons (Fsp3) is 0.0714. The number of ether oxygens (including phenoxy) is 1. The van der Waals surface area contributed by atoms with Gasteiger partial charge in [-0.3, -0.25) is 0 Å². The van der Waals surface area contributed by atoms with Crippen LogP contribution in [0.5, 0.6) is 0 Å². The maximum atomic E-state index is 11.8. The van der Waals surface area contributed by atoms with Gasteiger partial charge < -0.3 is 4.74 Å². The minimum atomic E-state index is -0.320. The van der Waals surface area contributed by atoms with Gasteiger partial charge in [-0.1, -0.05) is 50.1 Å². The molecule has 92 valence electrons. The smallest absolute Gasteiger partial charge is 0.338 e. The van der Waals surface area contributed by atoms with Crippen molar-refractivity contribution in [2.45, 2.75) is 6.61 Å². The Morgan fingerprint density at radius 2 is 1.72 bits per heavy atom. The van der Waals surface area contributed by atoms with Gasteiger partial charge >= 0.3 is 5.97 Å². The van der Waals surface area contributed by atoms with Crippen molar-refractivity contribution in [3.05, 3.63) is 68.6 Å². The summed E-state index contributed by atoms with van der Waals surface area (Å²) in [6.45, 7) is 0.276. The Morgan fingerprint density at radius 3 is 2.39 bits per heavy atom.